The van der Waals surface area contributed by atoms with Gasteiger partial charge in [0.1, 0.15) is 11.4 Å². The van der Waals surface area contributed by atoms with Gasteiger partial charge >= 0.3 is 0 Å². The predicted molar refractivity (Wildman–Crippen MR) is 81.4 cm³/mol. The van der Waals surface area contributed by atoms with Gasteiger partial charge in [-0.1, -0.05) is 24.3 Å². The Morgan fingerprint density at radius 3 is 2.43 bits per heavy atom. The summed E-state index contributed by atoms with van der Waals surface area (Å²) in [6, 6.07) is 10.1. The molecule has 0 saturated heterocycles. The van der Waals surface area contributed by atoms with Crippen LogP contribution in [-0.2, 0) is 0 Å². The van der Waals surface area contributed by atoms with Crippen LogP contribution >= 0.6 is 0 Å². The predicted octanol–water partition coefficient (Wildman–Crippen LogP) is 2.59. The van der Waals surface area contributed by atoms with Crippen LogP contribution in [0.2, 0.25) is 0 Å². The van der Waals surface area contributed by atoms with E-state index in [1.165, 1.54) is 48.5 Å². The molecule has 2 N–H and O–H groups in total. The van der Waals surface area contributed by atoms with Gasteiger partial charge in [-0.15, -0.1) is 0 Å². The lowest BCUT2D eigenvalue weighted by Gasteiger charge is -2.20. The molecule has 0 fully saturated rings. The van der Waals surface area contributed by atoms with Gasteiger partial charge in [-0.05, 0) is 30.7 Å². The molecule has 2 atom stereocenters. The van der Waals surface area contributed by atoms with Crippen molar-refractivity contribution in [3.8, 4) is 0 Å². The lowest BCUT2D eigenvalue weighted by Crippen LogP contribution is -2.37. The Hall–Kier alpha value is -2.80. The van der Waals surface area contributed by atoms with Crippen molar-refractivity contribution in [3.05, 3.63) is 75.6 Å². The summed E-state index contributed by atoms with van der Waals surface area (Å²) >= 11 is 0. The molecule has 2 aromatic carbocycles. The maximum atomic E-state index is 12.9. The first-order valence-corrected chi connectivity index (χ1v) is 6.88. The van der Waals surface area contributed by atoms with Gasteiger partial charge in [0.2, 0.25) is 0 Å². The molecule has 0 spiro atoms. The largest absolute Gasteiger partial charge is 0.386 e. The van der Waals surface area contributed by atoms with Gasteiger partial charge < -0.3 is 10.4 Å². The van der Waals surface area contributed by atoms with E-state index in [-0.39, 0.29) is 11.3 Å². The molecule has 23 heavy (non-hydrogen) atoms. The molecular formula is C16H15FN2O4. The van der Waals surface area contributed by atoms with Crippen molar-refractivity contribution in [2.45, 2.75) is 19.1 Å². The first-order valence-electron chi connectivity index (χ1n) is 6.88. The number of nitro benzene ring substituents is 1. The second-order valence-corrected chi connectivity index (χ2v) is 5.03. The molecule has 6 nitrogen and oxygen atoms in total. The third-order valence-electron chi connectivity index (χ3n) is 3.39. The first-order chi connectivity index (χ1) is 10.9. The quantitative estimate of drug-likeness (QED) is 0.654. The van der Waals surface area contributed by atoms with E-state index in [1.807, 2.05) is 0 Å². The minimum Gasteiger partial charge on any atom is -0.386 e. The molecule has 0 aliphatic heterocycles. The number of hydrogen-bond acceptors (Lipinski definition) is 4. The molecule has 2 aromatic rings. The van der Waals surface area contributed by atoms with Gasteiger partial charge in [0.05, 0.1) is 17.1 Å². The van der Waals surface area contributed by atoms with E-state index in [2.05, 4.69) is 5.32 Å². The van der Waals surface area contributed by atoms with Crippen LogP contribution in [0.3, 0.4) is 0 Å². The number of rotatable bonds is 5. The molecule has 0 aromatic heterocycles. The van der Waals surface area contributed by atoms with Crippen LogP contribution in [0.1, 0.15) is 28.9 Å². The van der Waals surface area contributed by atoms with E-state index in [4.69, 9.17) is 0 Å². The van der Waals surface area contributed by atoms with Crippen molar-refractivity contribution in [3.63, 3.8) is 0 Å². The number of amides is 1. The first kappa shape index (κ1) is 16.6. The molecule has 0 saturated carbocycles. The molecule has 1 amide bonds. The van der Waals surface area contributed by atoms with Crippen molar-refractivity contribution in [1.82, 2.24) is 5.32 Å². The Balaban J connectivity index is 2.13. The van der Waals surface area contributed by atoms with Crippen LogP contribution in [0, 0.1) is 15.9 Å². The number of hydrogen-bond donors (Lipinski definition) is 2. The summed E-state index contributed by atoms with van der Waals surface area (Å²) in [5, 5.41) is 23.6. The number of nitro groups is 1. The number of nitrogens with zero attached hydrogens (tertiary/aromatic N) is 1. The Morgan fingerprint density at radius 2 is 1.83 bits per heavy atom. The molecule has 2 unspecified atom stereocenters. The highest BCUT2D eigenvalue weighted by Crippen LogP contribution is 2.20. The monoisotopic (exact) mass is 318 g/mol. The van der Waals surface area contributed by atoms with E-state index in [0.717, 1.165) is 0 Å². The summed E-state index contributed by atoms with van der Waals surface area (Å²) in [6.07, 6.45) is -1.07. The van der Waals surface area contributed by atoms with Gasteiger partial charge in [-0.25, -0.2) is 4.39 Å². The Bertz CT molecular complexity index is 718. The number of aliphatic hydroxyl groups is 1. The standard InChI is InChI=1S/C16H15FN2O4/c1-10(15(20)11-6-8-12(17)9-7-11)18-16(21)13-4-2-3-5-14(13)19(22)23/h2-10,15,20H,1H3,(H,18,21). The van der Waals surface area contributed by atoms with Crippen LogP contribution in [0.25, 0.3) is 0 Å². The highest BCUT2D eigenvalue weighted by molar-refractivity contribution is 5.98. The molecule has 7 heteroatoms. The number of halogens is 1. The molecular weight excluding hydrogens is 303 g/mol. The topological polar surface area (TPSA) is 92.5 Å². The highest BCUT2D eigenvalue weighted by Gasteiger charge is 2.23. The lowest BCUT2D eigenvalue weighted by atomic mass is 10.0. The summed E-state index contributed by atoms with van der Waals surface area (Å²) in [5.41, 5.74) is 0.0332. The minimum absolute atomic E-state index is 0.0874. The van der Waals surface area contributed by atoms with Crippen LogP contribution in [0.4, 0.5) is 10.1 Å². The van der Waals surface area contributed by atoms with Gasteiger partial charge in [0.25, 0.3) is 11.6 Å². The Kier molecular flexibility index (Phi) is 5.02. The smallest absolute Gasteiger partial charge is 0.282 e. The number of carbonyl (C=O) groups is 1. The zero-order chi connectivity index (χ0) is 17.0. The molecule has 0 aliphatic rings. The fourth-order valence-corrected chi connectivity index (χ4v) is 2.14. The van der Waals surface area contributed by atoms with Gasteiger partial charge in [-0.2, -0.15) is 0 Å². The van der Waals surface area contributed by atoms with Crippen LogP contribution in [-0.4, -0.2) is 22.0 Å². The van der Waals surface area contributed by atoms with Crippen molar-refractivity contribution in [2.24, 2.45) is 0 Å². The number of carbonyl (C=O) groups excluding carboxylic acids is 1. The molecule has 0 aliphatic carbocycles. The van der Waals surface area contributed by atoms with Crippen LogP contribution < -0.4 is 5.32 Å². The van der Waals surface area contributed by atoms with Crippen molar-refractivity contribution in [2.75, 3.05) is 0 Å². The van der Waals surface area contributed by atoms with Crippen molar-refractivity contribution in [1.29, 1.82) is 0 Å². The Morgan fingerprint density at radius 1 is 1.22 bits per heavy atom. The summed E-state index contributed by atoms with van der Waals surface area (Å²) in [5.74, 6) is -1.09. The number of aliphatic hydroxyl groups excluding tert-OH is 1. The molecule has 0 bridgehead atoms. The number of nitrogens with one attached hydrogen (secondary N) is 1. The van der Waals surface area contributed by atoms with E-state index in [0.29, 0.717) is 5.56 Å². The summed E-state index contributed by atoms with van der Waals surface area (Å²) in [4.78, 5) is 22.5. The number of benzene rings is 2. The molecule has 120 valence electrons. The van der Waals surface area contributed by atoms with E-state index in [9.17, 15) is 24.4 Å². The number of para-hydroxylation sites is 1. The lowest BCUT2D eigenvalue weighted by molar-refractivity contribution is -0.385. The SMILES string of the molecule is CC(NC(=O)c1ccccc1[N+](=O)[O-])C(O)c1ccc(F)cc1. The van der Waals surface area contributed by atoms with Gasteiger partial charge in [0, 0.05) is 6.07 Å². The highest BCUT2D eigenvalue weighted by atomic mass is 19.1. The molecule has 2 rings (SSSR count). The zero-order valence-corrected chi connectivity index (χ0v) is 12.3. The average Bonchev–Trinajstić information content (AvgIpc) is 2.54. The second kappa shape index (κ2) is 6.97. The van der Waals surface area contributed by atoms with E-state index in [1.54, 1.807) is 6.92 Å². The zero-order valence-electron chi connectivity index (χ0n) is 12.3. The fourth-order valence-electron chi connectivity index (χ4n) is 2.14. The van der Waals surface area contributed by atoms with Crippen LogP contribution in [0.5, 0.6) is 0 Å². The minimum atomic E-state index is -1.07. The van der Waals surface area contributed by atoms with Crippen molar-refractivity contribution < 1.29 is 19.2 Å². The molecule has 0 radical (unpaired) electrons. The Labute approximate surface area is 131 Å². The van der Waals surface area contributed by atoms with Gasteiger partial charge in [0.15, 0.2) is 0 Å². The maximum absolute atomic E-state index is 12.9. The van der Waals surface area contributed by atoms with E-state index >= 15 is 0 Å². The second-order valence-electron chi connectivity index (χ2n) is 5.03. The molecule has 0 heterocycles. The third kappa shape index (κ3) is 3.89. The fraction of sp³-hybridized carbons (Fsp3) is 0.188. The average molecular weight is 318 g/mol. The maximum Gasteiger partial charge on any atom is 0.282 e. The van der Waals surface area contributed by atoms with Crippen molar-refractivity contribution >= 4 is 11.6 Å². The van der Waals surface area contributed by atoms with Gasteiger partial charge in [-0.3, -0.25) is 14.9 Å². The normalized spacial score (nSPS) is 13.2. The summed E-state index contributed by atoms with van der Waals surface area (Å²) in [7, 11) is 0. The summed E-state index contributed by atoms with van der Waals surface area (Å²) < 4.78 is 12.9. The van der Waals surface area contributed by atoms with Crippen LogP contribution in [0.15, 0.2) is 48.5 Å². The summed E-state index contributed by atoms with van der Waals surface area (Å²) in [6.45, 7) is 1.56. The third-order valence-corrected chi connectivity index (χ3v) is 3.39. The van der Waals surface area contributed by atoms with E-state index < -0.39 is 28.8 Å².